The van der Waals surface area contributed by atoms with Crippen LogP contribution in [0.5, 0.6) is 11.5 Å². The van der Waals surface area contributed by atoms with Gasteiger partial charge in [0.15, 0.2) is 0 Å². The maximum absolute atomic E-state index is 11.1. The fraction of sp³-hybridized carbons (Fsp3) is 0.526. The molecule has 0 saturated carbocycles. The third-order valence-electron chi connectivity index (χ3n) is 5.05. The lowest BCUT2D eigenvalue weighted by Crippen LogP contribution is -2.22. The van der Waals surface area contributed by atoms with E-state index >= 15 is 0 Å². The molecular weight excluding hydrogens is 292 g/mol. The first-order valence-corrected chi connectivity index (χ1v) is 8.16. The predicted octanol–water partition coefficient (Wildman–Crippen LogP) is 4.38. The van der Waals surface area contributed by atoms with Crippen molar-refractivity contribution < 1.29 is 20.1 Å². The highest BCUT2D eigenvalue weighted by Crippen LogP contribution is 2.48. The molecule has 1 aliphatic carbocycles. The molecule has 0 heterocycles. The highest BCUT2D eigenvalue weighted by atomic mass is 16.4. The summed E-state index contributed by atoms with van der Waals surface area (Å²) in [6.45, 7) is 7.92. The third-order valence-corrected chi connectivity index (χ3v) is 5.05. The van der Waals surface area contributed by atoms with Crippen LogP contribution in [0.1, 0.15) is 63.5 Å². The Morgan fingerprint density at radius 1 is 1.17 bits per heavy atom. The summed E-state index contributed by atoms with van der Waals surface area (Å²) in [4.78, 5) is 11.1. The van der Waals surface area contributed by atoms with Crippen LogP contribution in [0.15, 0.2) is 23.8 Å². The number of hydrogen-bond donors (Lipinski definition) is 3. The molecule has 0 unspecified atom stereocenters. The number of carboxylic acids is 1. The second kappa shape index (κ2) is 6.65. The maximum Gasteiger partial charge on any atom is 0.310 e. The second-order valence-electron chi connectivity index (χ2n) is 7.04. The second-order valence-corrected chi connectivity index (χ2v) is 7.04. The molecule has 4 heteroatoms. The molecule has 3 atom stereocenters. The first kappa shape index (κ1) is 17.4. The molecule has 1 aromatic carbocycles. The smallest absolute Gasteiger partial charge is 0.310 e. The molecule has 23 heavy (non-hydrogen) atoms. The number of aromatic hydroxyl groups is 2. The van der Waals surface area contributed by atoms with Crippen molar-refractivity contribution in [2.45, 2.75) is 52.4 Å². The Labute approximate surface area is 137 Å². The van der Waals surface area contributed by atoms with E-state index in [9.17, 15) is 15.0 Å². The minimum atomic E-state index is -0.979. The number of benzene rings is 1. The number of hydrogen-bond acceptors (Lipinski definition) is 3. The average molecular weight is 318 g/mol. The van der Waals surface area contributed by atoms with Crippen LogP contribution in [0.25, 0.3) is 0 Å². The minimum absolute atomic E-state index is 0.00144. The van der Waals surface area contributed by atoms with Gasteiger partial charge in [0, 0.05) is 5.56 Å². The number of carbonyl (C=O) groups is 1. The van der Waals surface area contributed by atoms with Gasteiger partial charge in [0.05, 0.1) is 5.92 Å². The SMILES string of the molecule is CC1=CC[C@@H](C(C)C)[C@H](c2c(O)cc([C@H](C)C(=O)O)cc2O)C1. The molecular formula is C19H26O4. The van der Waals surface area contributed by atoms with E-state index in [1.807, 2.05) is 0 Å². The first-order chi connectivity index (χ1) is 10.7. The van der Waals surface area contributed by atoms with Crippen molar-refractivity contribution in [3.05, 3.63) is 34.9 Å². The molecule has 1 aromatic rings. The van der Waals surface area contributed by atoms with Crippen LogP contribution in [0.2, 0.25) is 0 Å². The summed E-state index contributed by atoms with van der Waals surface area (Å²) >= 11 is 0. The Balaban J connectivity index is 2.46. The zero-order valence-electron chi connectivity index (χ0n) is 14.2. The average Bonchev–Trinajstić information content (AvgIpc) is 2.45. The Morgan fingerprint density at radius 2 is 1.74 bits per heavy atom. The summed E-state index contributed by atoms with van der Waals surface area (Å²) in [5.74, 6) is -0.923. The lowest BCUT2D eigenvalue weighted by molar-refractivity contribution is -0.138. The van der Waals surface area contributed by atoms with Gasteiger partial charge in [0.25, 0.3) is 0 Å². The van der Waals surface area contributed by atoms with Crippen molar-refractivity contribution >= 4 is 5.97 Å². The molecule has 0 amide bonds. The van der Waals surface area contributed by atoms with E-state index in [0.717, 1.165) is 12.8 Å². The van der Waals surface area contributed by atoms with Crippen molar-refractivity contribution in [3.63, 3.8) is 0 Å². The predicted molar refractivity (Wildman–Crippen MR) is 89.9 cm³/mol. The molecule has 1 aliphatic rings. The van der Waals surface area contributed by atoms with Crippen LogP contribution < -0.4 is 0 Å². The molecule has 4 nitrogen and oxygen atoms in total. The maximum atomic E-state index is 11.1. The normalized spacial score (nSPS) is 22.7. The van der Waals surface area contributed by atoms with Gasteiger partial charge in [-0.25, -0.2) is 0 Å². The van der Waals surface area contributed by atoms with Crippen LogP contribution in [-0.4, -0.2) is 21.3 Å². The van der Waals surface area contributed by atoms with Gasteiger partial charge in [-0.15, -0.1) is 0 Å². The van der Waals surface area contributed by atoms with Gasteiger partial charge in [-0.3, -0.25) is 4.79 Å². The van der Waals surface area contributed by atoms with E-state index in [1.54, 1.807) is 6.92 Å². The molecule has 0 radical (unpaired) electrons. The van der Waals surface area contributed by atoms with Crippen molar-refractivity contribution in [2.75, 3.05) is 0 Å². The fourth-order valence-corrected chi connectivity index (χ4v) is 3.55. The topological polar surface area (TPSA) is 77.8 Å². The molecule has 2 rings (SSSR count). The number of aliphatic carboxylic acids is 1. The monoisotopic (exact) mass is 318 g/mol. The van der Waals surface area contributed by atoms with Gasteiger partial charge in [0.1, 0.15) is 11.5 Å². The number of phenols is 2. The Bertz CT molecular complexity index is 607. The lowest BCUT2D eigenvalue weighted by Gasteiger charge is -2.34. The largest absolute Gasteiger partial charge is 0.508 e. The Hall–Kier alpha value is -1.97. The zero-order valence-corrected chi connectivity index (χ0v) is 14.2. The number of carboxylic acid groups (broad SMARTS) is 1. The standard InChI is InChI=1S/C19H26O4/c1-10(2)14-6-5-11(3)7-15(14)18-16(20)8-13(9-17(18)21)12(4)19(22)23/h5,8-10,12,14-15,20-21H,6-7H2,1-4H3,(H,22,23)/t12-,14-,15+/m0/s1. The molecule has 0 spiro atoms. The van der Waals surface area contributed by atoms with Crippen molar-refractivity contribution in [1.82, 2.24) is 0 Å². The number of rotatable bonds is 4. The van der Waals surface area contributed by atoms with Crippen LogP contribution in [0.3, 0.4) is 0 Å². The molecule has 0 fully saturated rings. The summed E-state index contributed by atoms with van der Waals surface area (Å²) in [6, 6.07) is 2.97. The lowest BCUT2D eigenvalue weighted by atomic mass is 9.70. The Kier molecular flexibility index (Phi) is 5.03. The molecule has 0 saturated heterocycles. The van der Waals surface area contributed by atoms with E-state index in [-0.39, 0.29) is 17.4 Å². The van der Waals surface area contributed by atoms with Gasteiger partial charge >= 0.3 is 5.97 Å². The summed E-state index contributed by atoms with van der Waals surface area (Å²) in [6.07, 6.45) is 3.97. The summed E-state index contributed by atoms with van der Waals surface area (Å²) in [7, 11) is 0. The van der Waals surface area contributed by atoms with E-state index in [1.165, 1.54) is 17.7 Å². The highest BCUT2D eigenvalue weighted by molar-refractivity contribution is 5.76. The van der Waals surface area contributed by atoms with Gasteiger partial charge in [-0.2, -0.15) is 0 Å². The third kappa shape index (κ3) is 3.52. The van der Waals surface area contributed by atoms with Gasteiger partial charge in [0.2, 0.25) is 0 Å². The Morgan fingerprint density at radius 3 is 2.22 bits per heavy atom. The van der Waals surface area contributed by atoms with Gasteiger partial charge < -0.3 is 15.3 Å². The zero-order chi connectivity index (χ0) is 17.3. The van der Waals surface area contributed by atoms with E-state index in [0.29, 0.717) is 23.0 Å². The van der Waals surface area contributed by atoms with E-state index in [4.69, 9.17) is 5.11 Å². The van der Waals surface area contributed by atoms with Crippen LogP contribution >= 0.6 is 0 Å². The summed E-state index contributed by atoms with van der Waals surface area (Å²) in [5, 5.41) is 30.1. The van der Waals surface area contributed by atoms with Gasteiger partial charge in [-0.1, -0.05) is 25.5 Å². The molecule has 0 bridgehead atoms. The van der Waals surface area contributed by atoms with Crippen molar-refractivity contribution in [1.29, 1.82) is 0 Å². The van der Waals surface area contributed by atoms with Crippen LogP contribution in [-0.2, 0) is 4.79 Å². The van der Waals surface area contributed by atoms with E-state index in [2.05, 4.69) is 26.8 Å². The van der Waals surface area contributed by atoms with E-state index < -0.39 is 11.9 Å². The number of allylic oxidation sites excluding steroid dienone is 2. The van der Waals surface area contributed by atoms with Crippen LogP contribution in [0, 0.1) is 11.8 Å². The quantitative estimate of drug-likeness (QED) is 0.720. The minimum Gasteiger partial charge on any atom is -0.508 e. The molecule has 0 aliphatic heterocycles. The van der Waals surface area contributed by atoms with Crippen molar-refractivity contribution in [2.24, 2.45) is 11.8 Å². The first-order valence-electron chi connectivity index (χ1n) is 8.16. The summed E-state index contributed by atoms with van der Waals surface area (Å²) in [5.41, 5.74) is 2.23. The van der Waals surface area contributed by atoms with Gasteiger partial charge in [-0.05, 0) is 62.1 Å². The molecule has 126 valence electrons. The molecule has 3 N–H and O–H groups in total. The number of phenolic OH excluding ortho intramolecular Hbond substituents is 2. The summed E-state index contributed by atoms with van der Waals surface area (Å²) < 4.78 is 0. The fourth-order valence-electron chi connectivity index (χ4n) is 3.55. The van der Waals surface area contributed by atoms with Crippen molar-refractivity contribution in [3.8, 4) is 11.5 Å². The molecule has 0 aromatic heterocycles. The van der Waals surface area contributed by atoms with Crippen LogP contribution in [0.4, 0.5) is 0 Å². The highest BCUT2D eigenvalue weighted by Gasteiger charge is 2.32.